The van der Waals surface area contributed by atoms with Crippen LogP contribution in [0.15, 0.2) is 67.0 Å². The van der Waals surface area contributed by atoms with E-state index in [9.17, 15) is 9.59 Å². The van der Waals surface area contributed by atoms with Gasteiger partial charge in [-0.2, -0.15) is 0 Å². The molecule has 0 aliphatic heterocycles. The van der Waals surface area contributed by atoms with Crippen molar-refractivity contribution in [2.45, 2.75) is 19.9 Å². The van der Waals surface area contributed by atoms with E-state index in [0.717, 1.165) is 22.2 Å². The highest BCUT2D eigenvalue weighted by Gasteiger charge is 2.22. The Balaban J connectivity index is 1.42. The van der Waals surface area contributed by atoms with Crippen molar-refractivity contribution < 1.29 is 9.59 Å². The minimum absolute atomic E-state index is 0.146. The predicted molar refractivity (Wildman–Crippen MR) is 133 cm³/mol. The number of aromatic amines is 1. The first-order valence-corrected chi connectivity index (χ1v) is 11.9. The molecule has 1 amide bonds. The highest BCUT2D eigenvalue weighted by molar-refractivity contribution is 7.15. The number of ketones is 1. The molecule has 0 radical (unpaired) electrons. The summed E-state index contributed by atoms with van der Waals surface area (Å²) in [5.74, 6) is 0.0963. The lowest BCUT2D eigenvalue weighted by molar-refractivity contribution is 0.0944. The molecule has 3 aromatic heterocycles. The van der Waals surface area contributed by atoms with Crippen LogP contribution in [0.5, 0.6) is 0 Å². The number of fused-ring (bicyclic) bond motifs is 1. The average molecular weight is 490 g/mol. The van der Waals surface area contributed by atoms with E-state index < -0.39 is 0 Å². The molecule has 0 atom stereocenters. The van der Waals surface area contributed by atoms with Gasteiger partial charge in [-0.15, -0.1) is 21.5 Å². The smallest absolute Gasteiger partial charge is 0.268 e. The van der Waals surface area contributed by atoms with E-state index in [2.05, 4.69) is 20.5 Å². The molecule has 5 aromatic rings. The van der Waals surface area contributed by atoms with Crippen LogP contribution in [0.4, 0.5) is 0 Å². The summed E-state index contributed by atoms with van der Waals surface area (Å²) >= 11 is 7.78. The van der Waals surface area contributed by atoms with Gasteiger partial charge in [-0.05, 0) is 36.8 Å². The summed E-state index contributed by atoms with van der Waals surface area (Å²) in [7, 11) is 0. The number of aryl methyl sites for hydroxylation is 1. The third-order valence-electron chi connectivity index (χ3n) is 5.49. The van der Waals surface area contributed by atoms with Gasteiger partial charge in [0.05, 0.1) is 17.1 Å². The molecule has 0 aliphatic carbocycles. The van der Waals surface area contributed by atoms with Gasteiger partial charge in [0.2, 0.25) is 0 Å². The molecule has 3 heterocycles. The van der Waals surface area contributed by atoms with Gasteiger partial charge in [0.1, 0.15) is 17.0 Å². The van der Waals surface area contributed by atoms with Gasteiger partial charge < -0.3 is 10.3 Å². The van der Waals surface area contributed by atoms with Crippen molar-refractivity contribution in [3.8, 4) is 5.00 Å². The standard InChI is InChI=1S/C25H20ClN5O2S/c1-2-16-12-18(23(32)17-8-4-5-9-19(17)26)25(34-16)31-14-28-30-22(31)13-27-24(33)21-11-15-7-3-6-10-20(15)29-21/h3-12,14,29H,2,13H2,1H3,(H,27,33). The lowest BCUT2D eigenvalue weighted by atomic mass is 10.0. The number of halogens is 1. The summed E-state index contributed by atoms with van der Waals surface area (Å²) in [6, 6.07) is 18.4. The Kier molecular flexibility index (Phi) is 6.00. The number of thiophene rings is 1. The van der Waals surface area contributed by atoms with Crippen LogP contribution in [0.25, 0.3) is 15.9 Å². The maximum Gasteiger partial charge on any atom is 0.268 e. The molecule has 0 unspecified atom stereocenters. The first-order valence-electron chi connectivity index (χ1n) is 10.7. The van der Waals surface area contributed by atoms with Gasteiger partial charge in [-0.3, -0.25) is 14.2 Å². The summed E-state index contributed by atoms with van der Waals surface area (Å²) in [5, 5.41) is 13.2. The van der Waals surface area contributed by atoms with Crippen LogP contribution in [0.2, 0.25) is 5.02 Å². The Labute approximate surface area is 204 Å². The number of carbonyl (C=O) groups excluding carboxylic acids is 2. The molecule has 5 rings (SSSR count). The van der Waals surface area contributed by atoms with Gasteiger partial charge in [0.25, 0.3) is 5.91 Å². The van der Waals surface area contributed by atoms with Crippen molar-refractivity contribution in [3.05, 3.63) is 99.5 Å². The number of rotatable bonds is 7. The number of hydrogen-bond donors (Lipinski definition) is 2. The third-order valence-corrected chi connectivity index (χ3v) is 7.10. The zero-order valence-electron chi connectivity index (χ0n) is 18.2. The quantitative estimate of drug-likeness (QED) is 0.308. The minimum atomic E-state index is -0.251. The van der Waals surface area contributed by atoms with Gasteiger partial charge in [-0.25, -0.2) is 0 Å². The lowest BCUT2D eigenvalue weighted by Gasteiger charge is -2.09. The Bertz CT molecular complexity index is 1480. The van der Waals surface area contributed by atoms with E-state index in [4.69, 9.17) is 11.6 Å². The largest absolute Gasteiger partial charge is 0.351 e. The highest BCUT2D eigenvalue weighted by atomic mass is 35.5. The second-order valence-corrected chi connectivity index (χ2v) is 9.19. The monoisotopic (exact) mass is 489 g/mol. The molecule has 0 bridgehead atoms. The molecule has 0 saturated carbocycles. The van der Waals surface area contributed by atoms with Crippen LogP contribution in [-0.4, -0.2) is 31.4 Å². The van der Waals surface area contributed by atoms with Crippen LogP contribution in [0, 0.1) is 0 Å². The molecule has 34 heavy (non-hydrogen) atoms. The molecule has 0 spiro atoms. The number of carbonyl (C=O) groups is 2. The van der Waals surface area contributed by atoms with Crippen molar-refractivity contribution in [3.63, 3.8) is 0 Å². The number of amides is 1. The van der Waals surface area contributed by atoms with Crippen LogP contribution < -0.4 is 5.32 Å². The number of H-pyrrole nitrogens is 1. The molecular formula is C25H20ClN5O2S. The molecule has 0 saturated heterocycles. The summed E-state index contributed by atoms with van der Waals surface area (Å²) in [4.78, 5) is 30.3. The van der Waals surface area contributed by atoms with Gasteiger partial charge in [0.15, 0.2) is 11.6 Å². The van der Waals surface area contributed by atoms with Crippen molar-refractivity contribution in [2.24, 2.45) is 0 Å². The Morgan fingerprint density at radius 3 is 2.68 bits per heavy atom. The normalized spacial score (nSPS) is 11.1. The second kappa shape index (κ2) is 9.24. The molecule has 2 aromatic carbocycles. The number of para-hydroxylation sites is 1. The topological polar surface area (TPSA) is 92.7 Å². The number of nitrogens with zero attached hydrogens (tertiary/aromatic N) is 3. The zero-order valence-corrected chi connectivity index (χ0v) is 19.8. The first kappa shape index (κ1) is 22.1. The molecule has 9 heteroatoms. The number of benzene rings is 2. The van der Waals surface area contributed by atoms with E-state index in [0.29, 0.717) is 32.7 Å². The van der Waals surface area contributed by atoms with Gasteiger partial charge in [-0.1, -0.05) is 48.9 Å². The Morgan fingerprint density at radius 2 is 1.88 bits per heavy atom. The molecule has 170 valence electrons. The van der Waals surface area contributed by atoms with E-state index in [1.165, 1.54) is 11.3 Å². The van der Waals surface area contributed by atoms with Gasteiger partial charge in [0, 0.05) is 21.3 Å². The van der Waals surface area contributed by atoms with E-state index in [-0.39, 0.29) is 18.2 Å². The van der Waals surface area contributed by atoms with Crippen molar-refractivity contribution >= 4 is 45.5 Å². The summed E-state index contributed by atoms with van der Waals surface area (Å²) in [6.45, 7) is 2.18. The fraction of sp³-hybridized carbons (Fsp3) is 0.120. The molecule has 7 nitrogen and oxygen atoms in total. The Morgan fingerprint density at radius 1 is 1.09 bits per heavy atom. The fourth-order valence-electron chi connectivity index (χ4n) is 3.74. The lowest BCUT2D eigenvalue weighted by Crippen LogP contribution is -2.25. The fourth-order valence-corrected chi connectivity index (χ4v) is 5.04. The number of nitrogens with one attached hydrogen (secondary N) is 2. The summed E-state index contributed by atoms with van der Waals surface area (Å²) in [6.07, 6.45) is 2.33. The highest BCUT2D eigenvalue weighted by Crippen LogP contribution is 2.31. The van der Waals surface area contributed by atoms with Crippen LogP contribution >= 0.6 is 22.9 Å². The van der Waals surface area contributed by atoms with Crippen LogP contribution in [-0.2, 0) is 13.0 Å². The van der Waals surface area contributed by atoms with Crippen LogP contribution in [0.3, 0.4) is 0 Å². The Hall–Kier alpha value is -3.75. The minimum Gasteiger partial charge on any atom is -0.351 e. The molecular weight excluding hydrogens is 470 g/mol. The summed E-state index contributed by atoms with van der Waals surface area (Å²) in [5.41, 5.74) is 2.32. The average Bonchev–Trinajstić information content (AvgIpc) is 3.59. The van der Waals surface area contributed by atoms with Gasteiger partial charge >= 0.3 is 0 Å². The number of hydrogen-bond acceptors (Lipinski definition) is 5. The van der Waals surface area contributed by atoms with Crippen molar-refractivity contribution in [1.82, 2.24) is 25.1 Å². The SMILES string of the molecule is CCc1cc(C(=O)c2ccccc2Cl)c(-n2cnnc2CNC(=O)c2cc3ccccc3[nH]2)s1. The zero-order chi connectivity index (χ0) is 23.7. The van der Waals surface area contributed by atoms with Crippen molar-refractivity contribution in [1.29, 1.82) is 0 Å². The first-order chi connectivity index (χ1) is 16.5. The van der Waals surface area contributed by atoms with E-state index in [1.54, 1.807) is 35.2 Å². The molecule has 2 N–H and O–H groups in total. The van der Waals surface area contributed by atoms with Crippen LogP contribution in [0.1, 0.15) is 44.0 Å². The molecule has 0 fully saturated rings. The maximum absolute atomic E-state index is 13.4. The second-order valence-electron chi connectivity index (χ2n) is 7.66. The van der Waals surface area contributed by atoms with Crippen molar-refractivity contribution in [2.75, 3.05) is 0 Å². The predicted octanol–water partition coefficient (Wildman–Crippen LogP) is 5.19. The third kappa shape index (κ3) is 4.13. The number of aromatic nitrogens is 4. The van der Waals surface area contributed by atoms with E-state index in [1.807, 2.05) is 43.3 Å². The van der Waals surface area contributed by atoms with E-state index >= 15 is 0 Å². The maximum atomic E-state index is 13.4. The summed E-state index contributed by atoms with van der Waals surface area (Å²) < 4.78 is 1.75. The molecule has 0 aliphatic rings.